The Hall–Kier alpha value is -2.58. The Morgan fingerprint density at radius 2 is 1.52 bits per heavy atom. The van der Waals surface area contributed by atoms with E-state index in [0.29, 0.717) is 0 Å². The lowest BCUT2D eigenvalue weighted by molar-refractivity contribution is -0.659. The average Bonchev–Trinajstić information content (AvgIpc) is 2.56. The number of benzene rings is 3. The molecule has 2 N–H and O–H groups in total. The normalized spacial score (nSPS) is 10.8. The van der Waals surface area contributed by atoms with E-state index < -0.39 is 0 Å². The van der Waals surface area contributed by atoms with E-state index in [2.05, 4.69) is 65.9 Å². The van der Waals surface area contributed by atoms with Crippen LogP contribution in [-0.4, -0.2) is 0 Å². The quantitative estimate of drug-likeness (QED) is 0.256. The third-order valence-corrected chi connectivity index (χ3v) is 4.23. The molecule has 23 heavy (non-hydrogen) atoms. The van der Waals surface area contributed by atoms with Crippen LogP contribution in [-0.2, 0) is 6.54 Å². The molecular weight excluding hydrogens is 304 g/mol. The summed E-state index contributed by atoms with van der Waals surface area (Å²) in [4.78, 5) is 0. The van der Waals surface area contributed by atoms with Gasteiger partial charge in [-0.2, -0.15) is 4.57 Å². The van der Waals surface area contributed by atoms with Gasteiger partial charge in [0.05, 0.1) is 10.8 Å². The van der Waals surface area contributed by atoms with E-state index in [1.54, 1.807) is 0 Å². The smallest absolute Gasteiger partial charge is 0.213 e. The molecule has 1 heterocycles. The Kier molecular flexibility index (Phi) is 3.93. The van der Waals surface area contributed by atoms with Crippen molar-refractivity contribution in [2.75, 3.05) is 5.73 Å². The summed E-state index contributed by atoms with van der Waals surface area (Å²) in [5.74, 6) is 0. The zero-order chi connectivity index (χ0) is 15.1. The zero-order valence-corrected chi connectivity index (χ0v) is 13.4. The fraction of sp³-hybridized carbons (Fsp3) is 0.0500. The first-order valence-electron chi connectivity index (χ1n) is 7.42. The molecule has 0 spiro atoms. The number of pyridine rings is 1. The van der Waals surface area contributed by atoms with E-state index in [1.807, 2.05) is 12.1 Å². The molecule has 0 aliphatic carbocycles. The third-order valence-electron chi connectivity index (χ3n) is 4.23. The molecule has 0 saturated heterocycles. The lowest BCUT2D eigenvalue weighted by Gasteiger charge is -2.09. The Morgan fingerprint density at radius 3 is 2.26 bits per heavy atom. The molecule has 114 valence electrons. The van der Waals surface area contributed by atoms with Gasteiger partial charge in [0, 0.05) is 22.5 Å². The van der Waals surface area contributed by atoms with Gasteiger partial charge in [0.1, 0.15) is 0 Å². The van der Waals surface area contributed by atoms with Crippen molar-refractivity contribution in [3.63, 3.8) is 0 Å². The predicted molar refractivity (Wildman–Crippen MR) is 93.8 cm³/mol. The van der Waals surface area contributed by atoms with Gasteiger partial charge in [-0.25, -0.2) is 0 Å². The minimum Gasteiger partial charge on any atom is -1.00 e. The average molecular weight is 321 g/mol. The SMILES string of the molecule is C=CC[n+]1cc2c3ccccc3c(N)cc2c2ccccc21.[Cl-]. The molecule has 0 radical (unpaired) electrons. The summed E-state index contributed by atoms with van der Waals surface area (Å²) in [6.45, 7) is 4.67. The number of fused-ring (bicyclic) bond motifs is 5. The number of hydrogen-bond acceptors (Lipinski definition) is 1. The van der Waals surface area contributed by atoms with Crippen molar-refractivity contribution in [3.8, 4) is 0 Å². The largest absolute Gasteiger partial charge is 1.00 e. The molecule has 0 fully saturated rings. The Labute approximate surface area is 141 Å². The van der Waals surface area contributed by atoms with E-state index in [1.165, 1.54) is 27.1 Å². The van der Waals surface area contributed by atoms with Crippen molar-refractivity contribution in [3.05, 3.63) is 73.4 Å². The van der Waals surface area contributed by atoms with Crippen LogP contribution >= 0.6 is 0 Å². The minimum atomic E-state index is 0. The summed E-state index contributed by atoms with van der Waals surface area (Å²) >= 11 is 0. The number of halogens is 1. The number of rotatable bonds is 2. The van der Waals surface area contributed by atoms with E-state index in [4.69, 9.17) is 5.73 Å². The van der Waals surface area contributed by atoms with Crippen LogP contribution in [0.1, 0.15) is 0 Å². The number of nitrogen functional groups attached to an aromatic ring is 1. The standard InChI is InChI=1S/C20H16N2.ClH/c1-2-11-22-13-18-14-7-3-4-8-15(14)19(21)12-17(18)16-9-5-6-10-20(16)22;/h2-10,12-13,21H,1,11H2;1H. The molecule has 1 aromatic heterocycles. The fourth-order valence-corrected chi connectivity index (χ4v) is 3.26. The van der Waals surface area contributed by atoms with Crippen LogP contribution in [0.3, 0.4) is 0 Å². The van der Waals surface area contributed by atoms with Crippen LogP contribution in [0, 0.1) is 0 Å². The van der Waals surface area contributed by atoms with Crippen LogP contribution < -0.4 is 22.7 Å². The summed E-state index contributed by atoms with van der Waals surface area (Å²) in [6.07, 6.45) is 4.14. The lowest BCUT2D eigenvalue weighted by Crippen LogP contribution is -3.00. The van der Waals surface area contributed by atoms with Gasteiger partial charge in [0.2, 0.25) is 5.52 Å². The summed E-state index contributed by atoms with van der Waals surface area (Å²) in [5.41, 5.74) is 8.31. The molecule has 0 aliphatic heterocycles. The Balaban J connectivity index is 0.00000156. The van der Waals surface area contributed by atoms with Gasteiger partial charge in [-0.15, -0.1) is 0 Å². The maximum absolute atomic E-state index is 6.29. The summed E-state index contributed by atoms with van der Waals surface area (Å²) in [7, 11) is 0. The molecule has 0 saturated carbocycles. The van der Waals surface area contributed by atoms with E-state index in [-0.39, 0.29) is 12.4 Å². The monoisotopic (exact) mass is 320 g/mol. The molecule has 3 aromatic carbocycles. The Morgan fingerprint density at radius 1 is 0.870 bits per heavy atom. The van der Waals surface area contributed by atoms with Gasteiger partial charge in [0.15, 0.2) is 12.7 Å². The molecule has 2 nitrogen and oxygen atoms in total. The van der Waals surface area contributed by atoms with Gasteiger partial charge < -0.3 is 18.1 Å². The van der Waals surface area contributed by atoms with Crippen LogP contribution in [0.15, 0.2) is 73.4 Å². The van der Waals surface area contributed by atoms with Crippen LogP contribution in [0.2, 0.25) is 0 Å². The molecule has 4 aromatic rings. The fourth-order valence-electron chi connectivity index (χ4n) is 3.26. The maximum Gasteiger partial charge on any atom is 0.213 e. The van der Waals surface area contributed by atoms with Crippen molar-refractivity contribution in [2.45, 2.75) is 6.54 Å². The number of nitrogens with two attached hydrogens (primary N) is 1. The van der Waals surface area contributed by atoms with Crippen molar-refractivity contribution < 1.29 is 17.0 Å². The van der Waals surface area contributed by atoms with E-state index in [0.717, 1.165) is 17.6 Å². The number of allylic oxidation sites excluding steroid dienone is 1. The highest BCUT2D eigenvalue weighted by Crippen LogP contribution is 2.33. The second-order valence-corrected chi connectivity index (χ2v) is 5.56. The molecule has 0 bridgehead atoms. The van der Waals surface area contributed by atoms with Gasteiger partial charge in [-0.3, -0.25) is 0 Å². The first-order valence-corrected chi connectivity index (χ1v) is 7.42. The van der Waals surface area contributed by atoms with Crippen LogP contribution in [0.25, 0.3) is 32.4 Å². The molecule has 3 heteroatoms. The maximum atomic E-state index is 6.29. The third kappa shape index (κ3) is 2.32. The van der Waals surface area contributed by atoms with Crippen molar-refractivity contribution in [2.24, 2.45) is 0 Å². The lowest BCUT2D eigenvalue weighted by atomic mass is 9.98. The molecule has 0 atom stereocenters. The zero-order valence-electron chi connectivity index (χ0n) is 12.7. The molecule has 4 rings (SSSR count). The summed E-state index contributed by atoms with van der Waals surface area (Å²) < 4.78 is 2.24. The number of anilines is 1. The van der Waals surface area contributed by atoms with Gasteiger partial charge >= 0.3 is 0 Å². The molecule has 0 unspecified atom stereocenters. The van der Waals surface area contributed by atoms with Crippen LogP contribution in [0.4, 0.5) is 5.69 Å². The second kappa shape index (κ2) is 5.90. The van der Waals surface area contributed by atoms with Crippen molar-refractivity contribution >= 4 is 38.1 Å². The highest BCUT2D eigenvalue weighted by molar-refractivity contribution is 6.18. The topological polar surface area (TPSA) is 29.9 Å². The number of aromatic nitrogens is 1. The molecule has 0 aliphatic rings. The molecular formula is C20H17ClN2. The highest BCUT2D eigenvalue weighted by Gasteiger charge is 2.15. The van der Waals surface area contributed by atoms with Crippen molar-refractivity contribution in [1.29, 1.82) is 0 Å². The highest BCUT2D eigenvalue weighted by atomic mass is 35.5. The summed E-state index contributed by atoms with van der Waals surface area (Å²) in [6, 6.07) is 18.9. The van der Waals surface area contributed by atoms with Gasteiger partial charge in [-0.1, -0.05) is 43.0 Å². The summed E-state index contributed by atoms with van der Waals surface area (Å²) in [5, 5.41) is 5.95. The van der Waals surface area contributed by atoms with Gasteiger partial charge in [0.25, 0.3) is 0 Å². The first-order chi connectivity index (χ1) is 10.8. The predicted octanol–water partition coefficient (Wildman–Crippen LogP) is 1.21. The van der Waals surface area contributed by atoms with E-state index in [9.17, 15) is 0 Å². The minimum absolute atomic E-state index is 0. The first kappa shape index (κ1) is 15.3. The van der Waals surface area contributed by atoms with Gasteiger partial charge in [-0.05, 0) is 23.6 Å². The van der Waals surface area contributed by atoms with E-state index >= 15 is 0 Å². The van der Waals surface area contributed by atoms with Crippen molar-refractivity contribution in [1.82, 2.24) is 0 Å². The number of hydrogen-bond donors (Lipinski definition) is 1. The number of para-hydroxylation sites is 1. The second-order valence-electron chi connectivity index (χ2n) is 5.56. The Bertz CT molecular complexity index is 1040. The van der Waals surface area contributed by atoms with Crippen LogP contribution in [0.5, 0.6) is 0 Å². The molecule has 0 amide bonds. The number of nitrogens with zero attached hydrogens (tertiary/aromatic N) is 1.